The van der Waals surface area contributed by atoms with Crippen LogP contribution < -0.4 is 0 Å². The zero-order valence-electron chi connectivity index (χ0n) is 29.1. The topological polar surface area (TPSA) is 0 Å². The zero-order chi connectivity index (χ0) is 32.0. The van der Waals surface area contributed by atoms with Gasteiger partial charge in [0.2, 0.25) is 0 Å². The molecule has 0 amide bonds. The van der Waals surface area contributed by atoms with Gasteiger partial charge in [-0.1, -0.05) is 155 Å². The van der Waals surface area contributed by atoms with Gasteiger partial charge in [-0.15, -0.1) is 6.58 Å². The van der Waals surface area contributed by atoms with Crippen LogP contribution >= 0.6 is 0 Å². The van der Waals surface area contributed by atoms with Crippen molar-refractivity contribution < 1.29 is 8.78 Å². The van der Waals surface area contributed by atoms with Crippen molar-refractivity contribution in [1.82, 2.24) is 0 Å². The summed E-state index contributed by atoms with van der Waals surface area (Å²) in [7, 11) is 0. The molecule has 40 heavy (non-hydrogen) atoms. The quantitative estimate of drug-likeness (QED) is 0.118. The van der Waals surface area contributed by atoms with E-state index in [0.29, 0.717) is 6.42 Å². The van der Waals surface area contributed by atoms with Crippen LogP contribution in [-0.2, 0) is 0 Å². The van der Waals surface area contributed by atoms with E-state index in [0.717, 1.165) is 11.5 Å². The predicted octanol–water partition coefficient (Wildman–Crippen LogP) is 14.5. The van der Waals surface area contributed by atoms with E-state index in [9.17, 15) is 8.78 Å². The highest BCUT2D eigenvalue weighted by Crippen LogP contribution is 2.14. The third-order valence-corrected chi connectivity index (χ3v) is 5.28. The normalized spacial score (nSPS) is 14.2. The molecule has 1 aliphatic carbocycles. The number of rotatable bonds is 13. The highest BCUT2D eigenvalue weighted by Gasteiger charge is 2.00. The van der Waals surface area contributed by atoms with Crippen molar-refractivity contribution in [3.05, 3.63) is 72.4 Å². The lowest BCUT2D eigenvalue weighted by Crippen LogP contribution is -1.97. The molecule has 0 aromatic carbocycles. The molecular formula is C38H72F2. The minimum atomic E-state index is -1.46. The van der Waals surface area contributed by atoms with Crippen molar-refractivity contribution in [3.8, 4) is 0 Å². The minimum absolute atomic E-state index is 0.698. The van der Waals surface area contributed by atoms with Crippen LogP contribution in [0.5, 0.6) is 0 Å². The Kier molecular flexibility index (Phi) is 53.2. The van der Waals surface area contributed by atoms with E-state index in [1.54, 1.807) is 6.08 Å². The van der Waals surface area contributed by atoms with Gasteiger partial charge in [0.15, 0.2) is 0 Å². The van der Waals surface area contributed by atoms with Crippen molar-refractivity contribution in [3.63, 3.8) is 0 Å². The highest BCUT2D eigenvalue weighted by atomic mass is 19.2. The Hall–Kier alpha value is -1.70. The van der Waals surface area contributed by atoms with Gasteiger partial charge in [0.05, 0.1) is 0 Å². The number of halogens is 2. The maximum Gasteiger partial charge on any atom is 0.147 e. The summed E-state index contributed by atoms with van der Waals surface area (Å²) in [5, 5.41) is 0. The lowest BCUT2D eigenvalue weighted by Gasteiger charge is -2.06. The third-order valence-electron chi connectivity index (χ3n) is 5.28. The van der Waals surface area contributed by atoms with E-state index < -0.39 is 12.8 Å². The summed E-state index contributed by atoms with van der Waals surface area (Å²) in [4.78, 5) is 0. The van der Waals surface area contributed by atoms with Crippen LogP contribution in [0.3, 0.4) is 0 Å². The van der Waals surface area contributed by atoms with E-state index in [2.05, 4.69) is 98.9 Å². The Morgan fingerprint density at radius 3 is 1.93 bits per heavy atom. The number of hydrogen-bond donors (Lipinski definition) is 0. The molecule has 0 nitrogen and oxygen atoms in total. The van der Waals surface area contributed by atoms with Crippen LogP contribution in [0.1, 0.15) is 153 Å². The third kappa shape index (κ3) is 52.7. The molecule has 0 bridgehead atoms. The van der Waals surface area contributed by atoms with E-state index in [1.165, 1.54) is 87.9 Å². The zero-order valence-corrected chi connectivity index (χ0v) is 29.1. The first-order valence-electron chi connectivity index (χ1n) is 16.3. The molecular weight excluding hydrogens is 494 g/mol. The SMILES string of the molecule is C=C(C)CCCCCCC.C=C/C(=C\C(F)CF)CC.CC.CC/C=C\CCC.CC1=CC[C@@H](C)C=C1.CCC. The Labute approximate surface area is 252 Å². The number of allylic oxidation sites excluding steroid dienone is 10. The lowest BCUT2D eigenvalue weighted by atomic mass is 10.00. The van der Waals surface area contributed by atoms with Gasteiger partial charge in [-0.2, -0.15) is 0 Å². The largest absolute Gasteiger partial charge is 0.248 e. The average Bonchev–Trinajstić information content (AvgIpc) is 2.96. The lowest BCUT2D eigenvalue weighted by molar-refractivity contribution is 0.309. The van der Waals surface area contributed by atoms with Gasteiger partial charge < -0.3 is 0 Å². The highest BCUT2D eigenvalue weighted by molar-refractivity contribution is 5.20. The molecule has 0 fully saturated rings. The summed E-state index contributed by atoms with van der Waals surface area (Å²) < 4.78 is 23.8. The van der Waals surface area contributed by atoms with Crippen LogP contribution in [0.2, 0.25) is 0 Å². The molecule has 0 aromatic rings. The van der Waals surface area contributed by atoms with E-state index in [4.69, 9.17) is 0 Å². The van der Waals surface area contributed by atoms with Gasteiger partial charge in [0.1, 0.15) is 12.8 Å². The molecule has 1 aliphatic rings. The molecule has 0 saturated heterocycles. The van der Waals surface area contributed by atoms with Crippen molar-refractivity contribution in [2.24, 2.45) is 5.92 Å². The Morgan fingerprint density at radius 1 is 1.00 bits per heavy atom. The van der Waals surface area contributed by atoms with Gasteiger partial charge in [0.25, 0.3) is 0 Å². The van der Waals surface area contributed by atoms with E-state index in [1.807, 2.05) is 20.8 Å². The molecule has 0 radical (unpaired) electrons. The van der Waals surface area contributed by atoms with Gasteiger partial charge >= 0.3 is 0 Å². The van der Waals surface area contributed by atoms with Crippen molar-refractivity contribution in [1.29, 1.82) is 0 Å². The van der Waals surface area contributed by atoms with Crippen molar-refractivity contribution in [2.75, 3.05) is 6.67 Å². The summed E-state index contributed by atoms with van der Waals surface area (Å²) in [6.07, 6.45) is 27.5. The first-order valence-corrected chi connectivity index (χ1v) is 16.3. The fraction of sp³-hybridized carbons (Fsp3) is 0.684. The van der Waals surface area contributed by atoms with Gasteiger partial charge in [-0.05, 0) is 69.9 Å². The number of hydrogen-bond acceptors (Lipinski definition) is 0. The predicted molar refractivity (Wildman–Crippen MR) is 186 cm³/mol. The molecule has 1 rings (SSSR count). The monoisotopic (exact) mass is 567 g/mol. The standard InChI is InChI=1S/C10H20.C8H12F2.C8H12.C7H14.C3H8.C2H6/c1-4-5-6-7-8-9-10(2)3;1-3-7(4-2)5-8(10)6-9;1-7-3-5-8(2)6-4-7;1-3-5-7-6-4-2;1-3-2;1-2/h2,4-9H2,1,3H3;3,5,8H,1,4,6H2,2H3;3-5,8H,6H2,1-2H3;5,7H,3-4,6H2,1-2H3;3H2,1-2H3;1-2H3/b;7-5+;;7-5-;;/t;;8-;;;/m..0.../s1. The molecule has 238 valence electrons. The minimum Gasteiger partial charge on any atom is -0.248 e. The Balaban J connectivity index is -0.000000130. The van der Waals surface area contributed by atoms with Crippen LogP contribution in [0, 0.1) is 5.92 Å². The Morgan fingerprint density at radius 2 is 1.57 bits per heavy atom. The van der Waals surface area contributed by atoms with Crippen molar-refractivity contribution in [2.45, 2.75) is 159 Å². The molecule has 2 heteroatoms. The molecule has 0 N–H and O–H groups in total. The Bertz CT molecular complexity index is 607. The van der Waals surface area contributed by atoms with Crippen LogP contribution in [0.4, 0.5) is 8.78 Å². The van der Waals surface area contributed by atoms with Crippen molar-refractivity contribution >= 4 is 0 Å². The van der Waals surface area contributed by atoms with Crippen LogP contribution in [0.25, 0.3) is 0 Å². The molecule has 2 atom stereocenters. The number of unbranched alkanes of at least 4 members (excludes halogenated alkanes) is 5. The fourth-order valence-corrected chi connectivity index (χ4v) is 2.92. The summed E-state index contributed by atoms with van der Waals surface area (Å²) in [5.41, 5.74) is 3.49. The molecule has 0 aromatic heterocycles. The fourth-order valence-electron chi connectivity index (χ4n) is 2.92. The van der Waals surface area contributed by atoms with E-state index >= 15 is 0 Å². The summed E-state index contributed by atoms with van der Waals surface area (Å²) in [6, 6.07) is 0. The summed E-state index contributed by atoms with van der Waals surface area (Å²) in [6.45, 7) is 29.6. The second-order valence-electron chi connectivity index (χ2n) is 9.99. The van der Waals surface area contributed by atoms with Crippen LogP contribution in [0.15, 0.2) is 72.4 Å². The molecule has 0 aliphatic heterocycles. The van der Waals surface area contributed by atoms with Gasteiger partial charge in [-0.25, -0.2) is 8.78 Å². The smallest absolute Gasteiger partial charge is 0.147 e. The first kappa shape index (κ1) is 48.1. The second kappa shape index (κ2) is 44.3. The molecule has 0 heterocycles. The van der Waals surface area contributed by atoms with E-state index in [-0.39, 0.29) is 0 Å². The maximum absolute atomic E-state index is 12.3. The average molecular weight is 567 g/mol. The summed E-state index contributed by atoms with van der Waals surface area (Å²) >= 11 is 0. The molecule has 0 saturated carbocycles. The first-order chi connectivity index (χ1) is 19.1. The number of alkyl halides is 2. The molecule has 0 spiro atoms. The van der Waals surface area contributed by atoms with Crippen LogP contribution in [-0.4, -0.2) is 12.8 Å². The van der Waals surface area contributed by atoms with Gasteiger partial charge in [-0.3, -0.25) is 0 Å². The molecule has 1 unspecified atom stereocenters. The second-order valence-corrected chi connectivity index (χ2v) is 9.99. The summed E-state index contributed by atoms with van der Waals surface area (Å²) in [5.74, 6) is 0.763. The van der Waals surface area contributed by atoms with Gasteiger partial charge in [0, 0.05) is 0 Å². The maximum atomic E-state index is 12.3.